The molecular weight excluding hydrogens is 247 g/mol. The molecule has 3 rings (SSSR count). The normalized spacial score (nSPS) is 20.5. The predicted octanol–water partition coefficient (Wildman–Crippen LogP) is 4.01. The van der Waals surface area contributed by atoms with Crippen LogP contribution in [0.2, 0.25) is 0 Å². The van der Waals surface area contributed by atoms with Crippen LogP contribution in [-0.4, -0.2) is 18.3 Å². The lowest BCUT2D eigenvalue weighted by Crippen LogP contribution is -2.41. The first-order valence-corrected chi connectivity index (χ1v) is 7.21. The Balaban J connectivity index is 1.81. The average molecular weight is 268 g/mol. The molecule has 20 heavy (non-hydrogen) atoms. The third-order valence-electron chi connectivity index (χ3n) is 4.52. The van der Waals surface area contributed by atoms with Gasteiger partial charge in [0.25, 0.3) is 0 Å². The molecule has 0 atom stereocenters. The topological polar surface area (TPSA) is 18.5 Å². The van der Waals surface area contributed by atoms with Crippen LogP contribution < -0.4 is 0 Å². The molecule has 2 nitrogen and oxygen atoms in total. The van der Waals surface area contributed by atoms with Crippen LogP contribution in [0.25, 0.3) is 10.8 Å². The first-order chi connectivity index (χ1) is 9.37. The minimum absolute atomic E-state index is 0.166. The van der Waals surface area contributed by atoms with Gasteiger partial charge in [-0.25, -0.2) is 0 Å². The van der Waals surface area contributed by atoms with Crippen LogP contribution in [0.5, 0.6) is 0 Å². The highest BCUT2D eigenvalue weighted by molar-refractivity contribution is 6.45. The van der Waals surface area contributed by atoms with Gasteiger partial charge in [-0.2, -0.15) is 0 Å². The molecule has 3 heteroatoms. The largest absolute Gasteiger partial charge is 0.462 e. The zero-order valence-electron chi connectivity index (χ0n) is 12.6. The molecule has 2 aromatic rings. The van der Waals surface area contributed by atoms with E-state index in [0.29, 0.717) is 0 Å². The summed E-state index contributed by atoms with van der Waals surface area (Å²) >= 11 is 0. The Kier molecular flexibility index (Phi) is 3.15. The molecule has 0 bridgehead atoms. The van der Waals surface area contributed by atoms with Crippen molar-refractivity contribution < 1.29 is 9.31 Å². The van der Waals surface area contributed by atoms with E-state index in [2.05, 4.69) is 70.2 Å². The van der Waals surface area contributed by atoms with Gasteiger partial charge in [-0.05, 0) is 44.0 Å². The lowest BCUT2D eigenvalue weighted by Gasteiger charge is -2.32. The van der Waals surface area contributed by atoms with Crippen LogP contribution in [0.3, 0.4) is 0 Å². The summed E-state index contributed by atoms with van der Waals surface area (Å²) in [5, 5.41) is 2.53. The summed E-state index contributed by atoms with van der Waals surface area (Å²) in [5.74, 6) is 0. The molecule has 104 valence electrons. The van der Waals surface area contributed by atoms with E-state index in [0.717, 1.165) is 6.32 Å². The molecule has 1 aliphatic rings. The molecule has 0 unspecified atom stereocenters. The smallest absolute Gasteiger partial charge is 0.403 e. The van der Waals surface area contributed by atoms with E-state index in [4.69, 9.17) is 9.31 Å². The predicted molar refractivity (Wildman–Crippen MR) is 83.7 cm³/mol. The van der Waals surface area contributed by atoms with Crippen molar-refractivity contribution in [3.05, 3.63) is 48.0 Å². The highest BCUT2D eigenvalue weighted by atomic mass is 16.7. The fourth-order valence-corrected chi connectivity index (χ4v) is 2.61. The van der Waals surface area contributed by atoms with Crippen LogP contribution in [-0.2, 0) is 15.6 Å². The van der Waals surface area contributed by atoms with Crippen LogP contribution in [0.1, 0.15) is 33.3 Å². The Morgan fingerprint density at radius 3 is 2.10 bits per heavy atom. The van der Waals surface area contributed by atoms with Crippen molar-refractivity contribution in [1.29, 1.82) is 0 Å². The summed E-state index contributed by atoms with van der Waals surface area (Å²) in [5.41, 5.74) is 0.741. The standard InChI is InChI=1S/C17H21BO2/c1-16(2)17(3,4)20-18(19-16)12-13-9-10-14-7-5-6-8-15(14)11-13/h5-11H,12H2,1-4H3. The van der Waals surface area contributed by atoms with E-state index in [1.807, 2.05) is 0 Å². The summed E-state index contributed by atoms with van der Waals surface area (Å²) in [6.45, 7) is 8.36. The van der Waals surface area contributed by atoms with Crippen molar-refractivity contribution in [1.82, 2.24) is 0 Å². The molecule has 0 aliphatic carbocycles. The Bertz CT molecular complexity index is 618. The van der Waals surface area contributed by atoms with Crippen LogP contribution >= 0.6 is 0 Å². The van der Waals surface area contributed by atoms with Gasteiger partial charge in [-0.3, -0.25) is 0 Å². The number of hydrogen-bond donors (Lipinski definition) is 0. The summed E-state index contributed by atoms with van der Waals surface area (Å²) in [7, 11) is -0.166. The Hall–Kier alpha value is -1.32. The monoisotopic (exact) mass is 268 g/mol. The van der Waals surface area contributed by atoms with E-state index >= 15 is 0 Å². The molecule has 0 saturated carbocycles. The summed E-state index contributed by atoms with van der Waals surface area (Å²) in [6, 6.07) is 15.0. The van der Waals surface area contributed by atoms with Gasteiger partial charge in [-0.15, -0.1) is 0 Å². The van der Waals surface area contributed by atoms with E-state index in [1.165, 1.54) is 16.3 Å². The highest BCUT2D eigenvalue weighted by Gasteiger charge is 2.50. The van der Waals surface area contributed by atoms with Gasteiger partial charge < -0.3 is 9.31 Å². The first kappa shape index (κ1) is 13.7. The van der Waals surface area contributed by atoms with Crippen LogP contribution in [0.4, 0.5) is 0 Å². The second-order valence-corrected chi connectivity index (χ2v) is 6.57. The fraction of sp³-hybridized carbons (Fsp3) is 0.412. The minimum Gasteiger partial charge on any atom is -0.403 e. The molecular formula is C17H21BO2. The zero-order valence-corrected chi connectivity index (χ0v) is 12.6. The number of rotatable bonds is 2. The maximum atomic E-state index is 6.06. The second-order valence-electron chi connectivity index (χ2n) is 6.57. The zero-order chi connectivity index (χ0) is 14.4. The van der Waals surface area contributed by atoms with E-state index < -0.39 is 0 Å². The summed E-state index contributed by atoms with van der Waals surface area (Å²) in [4.78, 5) is 0. The summed E-state index contributed by atoms with van der Waals surface area (Å²) in [6.07, 6.45) is 0.789. The van der Waals surface area contributed by atoms with Gasteiger partial charge in [-0.1, -0.05) is 42.5 Å². The van der Waals surface area contributed by atoms with Gasteiger partial charge >= 0.3 is 7.12 Å². The van der Waals surface area contributed by atoms with Crippen LogP contribution in [0, 0.1) is 0 Å². The number of benzene rings is 2. The number of hydrogen-bond acceptors (Lipinski definition) is 2. The van der Waals surface area contributed by atoms with Crippen molar-refractivity contribution in [3.63, 3.8) is 0 Å². The van der Waals surface area contributed by atoms with Crippen molar-refractivity contribution in [3.8, 4) is 0 Å². The first-order valence-electron chi connectivity index (χ1n) is 7.21. The van der Waals surface area contributed by atoms with Crippen molar-refractivity contribution >= 4 is 17.9 Å². The van der Waals surface area contributed by atoms with E-state index in [1.54, 1.807) is 0 Å². The van der Waals surface area contributed by atoms with Crippen molar-refractivity contribution in [2.24, 2.45) is 0 Å². The Morgan fingerprint density at radius 2 is 1.45 bits per heavy atom. The van der Waals surface area contributed by atoms with Gasteiger partial charge in [0.05, 0.1) is 11.2 Å². The molecule has 1 saturated heterocycles. The lowest BCUT2D eigenvalue weighted by atomic mass is 9.80. The minimum atomic E-state index is -0.255. The molecule has 0 amide bonds. The van der Waals surface area contributed by atoms with Gasteiger partial charge in [0.15, 0.2) is 0 Å². The Labute approximate surface area is 121 Å². The number of fused-ring (bicyclic) bond motifs is 1. The van der Waals surface area contributed by atoms with Gasteiger partial charge in [0.2, 0.25) is 0 Å². The van der Waals surface area contributed by atoms with Gasteiger partial charge in [0.1, 0.15) is 0 Å². The molecule has 0 radical (unpaired) electrons. The third kappa shape index (κ3) is 2.36. The average Bonchev–Trinajstić information content (AvgIpc) is 2.57. The van der Waals surface area contributed by atoms with Crippen molar-refractivity contribution in [2.75, 3.05) is 0 Å². The maximum absolute atomic E-state index is 6.06. The maximum Gasteiger partial charge on any atom is 0.462 e. The summed E-state index contributed by atoms with van der Waals surface area (Å²) < 4.78 is 12.1. The molecule has 0 aromatic heterocycles. The van der Waals surface area contributed by atoms with Crippen molar-refractivity contribution in [2.45, 2.75) is 45.2 Å². The lowest BCUT2D eigenvalue weighted by molar-refractivity contribution is 0.00578. The molecule has 0 N–H and O–H groups in total. The van der Waals surface area contributed by atoms with Crippen LogP contribution in [0.15, 0.2) is 42.5 Å². The Morgan fingerprint density at radius 1 is 0.850 bits per heavy atom. The second kappa shape index (κ2) is 4.61. The molecule has 0 spiro atoms. The molecule has 1 heterocycles. The molecule has 2 aromatic carbocycles. The molecule has 1 fully saturated rings. The SMILES string of the molecule is CC1(C)OB(Cc2ccc3ccccc3c2)OC1(C)C. The van der Waals surface area contributed by atoms with E-state index in [-0.39, 0.29) is 18.3 Å². The fourth-order valence-electron chi connectivity index (χ4n) is 2.61. The third-order valence-corrected chi connectivity index (χ3v) is 4.52. The highest BCUT2D eigenvalue weighted by Crippen LogP contribution is 2.37. The van der Waals surface area contributed by atoms with Gasteiger partial charge in [0, 0.05) is 6.32 Å². The quantitative estimate of drug-likeness (QED) is 0.766. The van der Waals surface area contributed by atoms with E-state index in [9.17, 15) is 0 Å². The molecule has 1 aliphatic heterocycles.